The van der Waals surface area contributed by atoms with E-state index in [-0.39, 0.29) is 30.6 Å². The summed E-state index contributed by atoms with van der Waals surface area (Å²) in [6.07, 6.45) is 3.21. The third-order valence-electron chi connectivity index (χ3n) is 7.63. The normalized spacial score (nSPS) is 18.9. The van der Waals surface area contributed by atoms with Crippen molar-refractivity contribution in [1.82, 2.24) is 29.3 Å². The Balaban J connectivity index is 1.34. The molecular formula is C26H31ClN6O5S. The summed E-state index contributed by atoms with van der Waals surface area (Å²) in [5.74, 6) is -0.481. The van der Waals surface area contributed by atoms with Crippen molar-refractivity contribution in [1.29, 1.82) is 0 Å². The molecule has 1 aliphatic carbocycles. The number of pyridine rings is 1. The first kappa shape index (κ1) is 27.5. The Morgan fingerprint density at radius 1 is 1.26 bits per heavy atom. The third kappa shape index (κ3) is 5.25. The van der Waals surface area contributed by atoms with Gasteiger partial charge in [-0.2, -0.15) is 9.40 Å². The molecule has 0 bridgehead atoms. The molecule has 13 heteroatoms. The highest BCUT2D eigenvalue weighted by Gasteiger charge is 2.58. The predicted molar refractivity (Wildman–Crippen MR) is 147 cm³/mol. The lowest BCUT2D eigenvalue weighted by molar-refractivity contribution is 0.0949. The topological polar surface area (TPSA) is 127 Å². The molecule has 3 heterocycles. The zero-order chi connectivity index (χ0) is 27.9. The van der Waals surface area contributed by atoms with Crippen LogP contribution < -0.4 is 15.6 Å². The number of ether oxygens (including phenoxy) is 1. The average Bonchev–Trinajstić information content (AvgIpc) is 3.55. The van der Waals surface area contributed by atoms with E-state index in [1.54, 1.807) is 28.6 Å². The molecule has 1 aromatic carbocycles. The Labute approximate surface area is 231 Å². The van der Waals surface area contributed by atoms with E-state index in [0.717, 1.165) is 12.0 Å². The van der Waals surface area contributed by atoms with Gasteiger partial charge in [-0.3, -0.25) is 9.59 Å². The standard InChI is InChI=1S/C26H31ClN6O5S/c1-31(2)20-8-11-33(15-20)39(36,37)26(9-10-26)16-38-24-22-18(14-29-30-24)12-21(25(35)32(22)3)23(34)28-13-17-4-6-19(27)7-5-17/h4-7,12,14,20H,8-11,13,15-16H2,1-3H3,(H,28,34)/t20-/m1/s1. The Hall–Kier alpha value is -3.06. The van der Waals surface area contributed by atoms with Gasteiger partial charge in [-0.05, 0) is 57.1 Å². The molecule has 11 nitrogen and oxygen atoms in total. The lowest BCUT2D eigenvalue weighted by Gasteiger charge is -2.25. The number of aromatic nitrogens is 3. The molecule has 1 saturated carbocycles. The number of halogens is 1. The quantitative estimate of drug-likeness (QED) is 0.410. The molecule has 1 amide bonds. The summed E-state index contributed by atoms with van der Waals surface area (Å²) >= 11 is 5.91. The maximum Gasteiger partial charge on any atom is 0.263 e. The van der Waals surface area contributed by atoms with Crippen molar-refractivity contribution in [3.05, 3.63) is 63.0 Å². The Morgan fingerprint density at radius 3 is 2.62 bits per heavy atom. The summed E-state index contributed by atoms with van der Waals surface area (Å²) in [5, 5.41) is 11.8. The number of hydrogen-bond acceptors (Lipinski definition) is 8. The summed E-state index contributed by atoms with van der Waals surface area (Å²) < 4.78 is 34.7. The van der Waals surface area contributed by atoms with Gasteiger partial charge in [0.05, 0.1) is 6.20 Å². The molecule has 3 aromatic rings. The molecule has 2 fully saturated rings. The van der Waals surface area contributed by atoms with Gasteiger partial charge in [0.2, 0.25) is 10.0 Å². The number of carbonyl (C=O) groups excluding carboxylic acids is 1. The van der Waals surface area contributed by atoms with Crippen LogP contribution in [-0.2, 0) is 23.6 Å². The van der Waals surface area contributed by atoms with Gasteiger partial charge in [0, 0.05) is 43.1 Å². The predicted octanol–water partition coefficient (Wildman–Crippen LogP) is 1.79. The number of sulfonamides is 1. The number of nitrogens with one attached hydrogen (secondary N) is 1. The van der Waals surface area contributed by atoms with Crippen LogP contribution >= 0.6 is 11.6 Å². The van der Waals surface area contributed by atoms with Crippen LogP contribution in [0.3, 0.4) is 0 Å². The second kappa shape index (κ2) is 10.5. The second-order valence-electron chi connectivity index (χ2n) is 10.4. The third-order valence-corrected chi connectivity index (χ3v) is 10.5. The van der Waals surface area contributed by atoms with E-state index in [1.165, 1.54) is 23.9 Å². The van der Waals surface area contributed by atoms with Gasteiger partial charge in [-0.1, -0.05) is 23.7 Å². The van der Waals surface area contributed by atoms with E-state index in [1.807, 2.05) is 19.0 Å². The summed E-state index contributed by atoms with van der Waals surface area (Å²) in [4.78, 5) is 28.0. The molecule has 1 aliphatic heterocycles. The largest absolute Gasteiger partial charge is 0.473 e. The molecule has 1 atom stereocenters. The minimum Gasteiger partial charge on any atom is -0.473 e. The number of amides is 1. The maximum absolute atomic E-state index is 13.5. The van der Waals surface area contributed by atoms with Gasteiger partial charge in [-0.15, -0.1) is 5.10 Å². The number of carbonyl (C=O) groups is 1. The zero-order valence-electron chi connectivity index (χ0n) is 22.1. The van der Waals surface area contributed by atoms with E-state index in [2.05, 4.69) is 15.5 Å². The maximum atomic E-state index is 13.5. The monoisotopic (exact) mass is 574 g/mol. The van der Waals surface area contributed by atoms with Crippen LogP contribution in [-0.4, -0.2) is 82.9 Å². The smallest absolute Gasteiger partial charge is 0.263 e. The second-order valence-corrected chi connectivity index (χ2v) is 13.2. The fourth-order valence-corrected chi connectivity index (χ4v) is 7.11. The first-order valence-electron chi connectivity index (χ1n) is 12.7. The molecule has 1 saturated heterocycles. The molecule has 208 valence electrons. The van der Waals surface area contributed by atoms with Gasteiger partial charge >= 0.3 is 0 Å². The number of nitrogens with zero attached hydrogens (tertiary/aromatic N) is 5. The van der Waals surface area contributed by atoms with E-state index in [9.17, 15) is 18.0 Å². The van der Waals surface area contributed by atoms with Gasteiger partial charge in [0.25, 0.3) is 17.3 Å². The summed E-state index contributed by atoms with van der Waals surface area (Å²) in [5.41, 5.74) is 0.589. The van der Waals surface area contributed by atoms with E-state index in [4.69, 9.17) is 16.3 Å². The fraction of sp³-hybridized carbons (Fsp3) is 0.462. The van der Waals surface area contributed by atoms with Crippen molar-refractivity contribution in [3.8, 4) is 5.88 Å². The van der Waals surface area contributed by atoms with Crippen molar-refractivity contribution in [2.45, 2.75) is 36.6 Å². The Morgan fingerprint density at radius 2 is 1.97 bits per heavy atom. The number of likely N-dealkylation sites (N-methyl/N-ethyl adjacent to an activating group) is 1. The van der Waals surface area contributed by atoms with Crippen LogP contribution in [0.4, 0.5) is 0 Å². The van der Waals surface area contributed by atoms with E-state index >= 15 is 0 Å². The van der Waals surface area contributed by atoms with E-state index in [0.29, 0.717) is 41.9 Å². The Kier molecular flexibility index (Phi) is 7.40. The first-order chi connectivity index (χ1) is 18.5. The highest BCUT2D eigenvalue weighted by atomic mass is 35.5. The molecule has 5 rings (SSSR count). The average molecular weight is 575 g/mol. The van der Waals surface area contributed by atoms with E-state index < -0.39 is 26.2 Å². The lowest BCUT2D eigenvalue weighted by Crippen LogP contribution is -2.43. The molecule has 0 radical (unpaired) electrons. The van der Waals surface area contributed by atoms with Gasteiger partial charge < -0.3 is 19.5 Å². The fourth-order valence-electron chi connectivity index (χ4n) is 4.90. The van der Waals surface area contributed by atoms with Crippen molar-refractivity contribution in [3.63, 3.8) is 0 Å². The van der Waals surface area contributed by atoms with Crippen LogP contribution in [0.15, 0.2) is 41.3 Å². The van der Waals surface area contributed by atoms with Crippen LogP contribution in [0.2, 0.25) is 5.02 Å². The molecule has 2 aliphatic rings. The van der Waals surface area contributed by atoms with Crippen molar-refractivity contribution < 1.29 is 17.9 Å². The first-order valence-corrected chi connectivity index (χ1v) is 14.5. The summed E-state index contributed by atoms with van der Waals surface area (Å²) in [6, 6.07) is 8.66. The number of benzene rings is 1. The highest BCUT2D eigenvalue weighted by Crippen LogP contribution is 2.46. The lowest BCUT2D eigenvalue weighted by atomic mass is 10.1. The Bertz CT molecular complexity index is 1570. The zero-order valence-corrected chi connectivity index (χ0v) is 23.6. The van der Waals surface area contributed by atoms with Crippen LogP contribution in [0.1, 0.15) is 35.2 Å². The van der Waals surface area contributed by atoms with Gasteiger partial charge in [0.15, 0.2) is 0 Å². The minimum absolute atomic E-state index is 0.0503. The van der Waals surface area contributed by atoms with Crippen LogP contribution in [0.5, 0.6) is 5.88 Å². The highest BCUT2D eigenvalue weighted by molar-refractivity contribution is 7.90. The SMILES string of the molecule is CN(C)[C@@H]1CCN(S(=O)(=O)C2(COc3nncc4cc(C(=O)NCc5ccc(Cl)cc5)c(=O)n(C)c34)CC2)C1. The molecule has 2 aromatic heterocycles. The minimum atomic E-state index is -3.58. The number of rotatable bonds is 9. The van der Waals surface area contributed by atoms with Crippen LogP contribution in [0, 0.1) is 0 Å². The molecular weight excluding hydrogens is 544 g/mol. The molecule has 39 heavy (non-hydrogen) atoms. The summed E-state index contributed by atoms with van der Waals surface area (Å²) in [7, 11) is 1.84. The number of hydrogen-bond donors (Lipinski definition) is 1. The van der Waals surface area contributed by atoms with Gasteiger partial charge in [-0.25, -0.2) is 8.42 Å². The van der Waals surface area contributed by atoms with Crippen molar-refractivity contribution in [2.75, 3.05) is 33.8 Å². The molecule has 1 N–H and O–H groups in total. The molecule has 0 spiro atoms. The number of aryl methyl sites for hydroxylation is 1. The summed E-state index contributed by atoms with van der Waals surface area (Å²) in [6.45, 7) is 1.08. The van der Waals surface area contributed by atoms with Crippen molar-refractivity contribution in [2.24, 2.45) is 7.05 Å². The van der Waals surface area contributed by atoms with Crippen LogP contribution in [0.25, 0.3) is 10.9 Å². The van der Waals surface area contributed by atoms with Crippen molar-refractivity contribution >= 4 is 38.4 Å². The number of fused-ring (bicyclic) bond motifs is 1. The molecule has 0 unspecified atom stereocenters. The van der Waals surface area contributed by atoms with Gasteiger partial charge in [0.1, 0.15) is 22.4 Å².